The summed E-state index contributed by atoms with van der Waals surface area (Å²) in [4.78, 5) is 0. The van der Waals surface area contributed by atoms with Crippen molar-refractivity contribution < 1.29 is 30.5 Å². The summed E-state index contributed by atoms with van der Waals surface area (Å²) in [6.07, 6.45) is -2.39. The third-order valence-electron chi connectivity index (χ3n) is 1.27. The van der Waals surface area contributed by atoms with Gasteiger partial charge in [0.1, 0.15) is 6.61 Å². The van der Waals surface area contributed by atoms with Crippen LogP contribution in [0.25, 0.3) is 0 Å². The molecule has 0 aliphatic carbocycles. The number of rotatable bonds is 4. The van der Waals surface area contributed by atoms with Gasteiger partial charge in [0.25, 0.3) is 6.43 Å². The Hall–Kier alpha value is 0.286. The van der Waals surface area contributed by atoms with Crippen LogP contribution in [0.5, 0.6) is 0 Å². The first-order chi connectivity index (χ1) is 5.79. The Morgan fingerprint density at radius 3 is 2.57 bits per heavy atom. The van der Waals surface area contributed by atoms with E-state index < -0.39 is 13.0 Å². The van der Waals surface area contributed by atoms with E-state index in [1.54, 1.807) is 12.1 Å². The smallest absolute Gasteiger partial charge is 1.00 e. The van der Waals surface area contributed by atoms with Crippen molar-refractivity contribution in [1.82, 2.24) is 0 Å². The van der Waals surface area contributed by atoms with Crippen LogP contribution in [0.2, 0.25) is 0 Å². The average molecular weight is 275 g/mol. The molecule has 0 unspecified atom stereocenters. The summed E-state index contributed by atoms with van der Waals surface area (Å²) in [6.45, 7) is -0.312. The minimum absolute atomic E-state index is 0. The molecule has 0 bridgehead atoms. The van der Waals surface area contributed by atoms with Crippen LogP contribution in [0, 0.1) is 6.07 Å². The van der Waals surface area contributed by atoms with Gasteiger partial charge < -0.3 is 21.7 Å². The molecule has 0 saturated heterocycles. The van der Waals surface area contributed by atoms with Crippen molar-refractivity contribution in [2.24, 2.45) is 0 Å². The Morgan fingerprint density at radius 2 is 2.07 bits per heavy atom. The third-order valence-corrected chi connectivity index (χ3v) is 1.27. The summed E-state index contributed by atoms with van der Waals surface area (Å²) in [5.41, 5.74) is 0.790. The van der Waals surface area contributed by atoms with Crippen molar-refractivity contribution in [2.75, 3.05) is 6.61 Å². The minimum atomic E-state index is -2.39. The van der Waals surface area contributed by atoms with Gasteiger partial charge in [0, 0.05) is 6.61 Å². The number of benzene rings is 1. The van der Waals surface area contributed by atoms with Crippen LogP contribution in [0.3, 0.4) is 0 Å². The zero-order chi connectivity index (χ0) is 8.81. The van der Waals surface area contributed by atoms with Crippen LogP contribution >= 0.6 is 0 Å². The van der Waals surface area contributed by atoms with Crippen LogP contribution in [0.15, 0.2) is 24.3 Å². The molecule has 0 aliphatic heterocycles. The monoisotopic (exact) mass is 274 g/mol. The van der Waals surface area contributed by atoms with E-state index in [9.17, 15) is 8.78 Å². The molecule has 0 aromatic heterocycles. The second kappa shape index (κ2) is 9.83. The van der Waals surface area contributed by atoms with Crippen molar-refractivity contribution in [1.29, 1.82) is 0 Å². The molecule has 0 fully saturated rings. The maximum absolute atomic E-state index is 11.6. The molecule has 0 saturated carbocycles. The molecule has 14 heavy (non-hydrogen) atoms. The van der Waals surface area contributed by atoms with E-state index in [-0.39, 0.29) is 46.6 Å². The maximum Gasteiger partial charge on any atom is 2.00 e. The Kier molecular flexibility index (Phi) is 11.7. The molecule has 5 heteroatoms. The molecule has 0 amide bonds. The van der Waals surface area contributed by atoms with Crippen molar-refractivity contribution in [3.63, 3.8) is 0 Å². The van der Waals surface area contributed by atoms with E-state index in [2.05, 4.69) is 6.07 Å². The van der Waals surface area contributed by atoms with Gasteiger partial charge in [-0.3, -0.25) is 0 Å². The molecule has 1 aromatic carbocycles. The first-order valence-corrected chi connectivity index (χ1v) is 3.60. The second-order valence-corrected chi connectivity index (χ2v) is 2.29. The zero-order valence-corrected chi connectivity index (χ0v) is 10.6. The van der Waals surface area contributed by atoms with Gasteiger partial charge in [0.15, 0.2) is 0 Å². The summed E-state index contributed by atoms with van der Waals surface area (Å²) in [5, 5.41) is 0. The van der Waals surface area contributed by atoms with Crippen LogP contribution in [-0.4, -0.2) is 36.1 Å². The predicted molar refractivity (Wildman–Crippen MR) is 46.7 cm³/mol. The molecule has 0 atom stereocenters. The maximum atomic E-state index is 11.6. The average Bonchev–Trinajstić information content (AvgIpc) is 2.05. The number of halogens is 3. The normalized spacial score (nSPS) is 9.07. The van der Waals surface area contributed by atoms with E-state index >= 15 is 0 Å². The number of hydrogen-bond acceptors (Lipinski definition) is 1. The molecule has 0 radical (unpaired) electrons. The summed E-state index contributed by atoms with van der Waals surface area (Å²) in [5.74, 6) is 0. The number of alkyl halides is 2. The molecule has 74 valence electrons. The van der Waals surface area contributed by atoms with Gasteiger partial charge in [0.05, 0.1) is 0 Å². The molecular weight excluding hydrogens is 266 g/mol. The first-order valence-electron chi connectivity index (χ1n) is 3.60. The summed E-state index contributed by atoms with van der Waals surface area (Å²) >= 11 is 0. The van der Waals surface area contributed by atoms with Gasteiger partial charge in [-0.15, -0.1) is 5.56 Å². The van der Waals surface area contributed by atoms with Gasteiger partial charge in [-0.2, -0.15) is 30.3 Å². The molecule has 0 heterocycles. The molecule has 0 N–H and O–H groups in total. The number of ether oxygens (including phenoxy) is 1. The Bertz CT molecular complexity index is 221. The molecule has 1 rings (SSSR count). The summed E-state index contributed by atoms with van der Waals surface area (Å²) in [7, 11) is 0. The molecule has 0 aliphatic rings. The van der Waals surface area contributed by atoms with Gasteiger partial charge in [-0.05, 0) is 0 Å². The Morgan fingerprint density at radius 1 is 1.36 bits per heavy atom. The Balaban J connectivity index is 0. The molecule has 1 aromatic rings. The minimum Gasteiger partial charge on any atom is -1.00 e. The topological polar surface area (TPSA) is 9.23 Å². The van der Waals surface area contributed by atoms with Gasteiger partial charge >= 0.3 is 23.1 Å². The molecule has 0 spiro atoms. The second-order valence-electron chi connectivity index (χ2n) is 2.29. The zero-order valence-electron chi connectivity index (χ0n) is 7.55. The fourth-order valence-corrected chi connectivity index (χ4v) is 0.778. The van der Waals surface area contributed by atoms with Gasteiger partial charge in [-0.25, -0.2) is 8.78 Å². The van der Waals surface area contributed by atoms with Crippen molar-refractivity contribution >= 4 is 23.1 Å². The SMILES string of the molecule is FC(F)COCc1[c-]cccc1.[Br-].[Mg+2]. The third kappa shape index (κ3) is 7.67. The van der Waals surface area contributed by atoms with E-state index in [4.69, 9.17) is 4.74 Å². The quantitative estimate of drug-likeness (QED) is 0.500. The van der Waals surface area contributed by atoms with Crippen LogP contribution in [-0.2, 0) is 11.3 Å². The van der Waals surface area contributed by atoms with E-state index in [0.717, 1.165) is 5.56 Å². The first kappa shape index (κ1) is 16.7. The Labute approximate surface area is 109 Å². The summed E-state index contributed by atoms with van der Waals surface area (Å²) < 4.78 is 27.9. The van der Waals surface area contributed by atoms with Crippen LogP contribution < -0.4 is 17.0 Å². The molecular formula is C9H9BrF2MgO. The van der Waals surface area contributed by atoms with E-state index in [1.807, 2.05) is 12.1 Å². The van der Waals surface area contributed by atoms with Gasteiger partial charge in [0.2, 0.25) is 0 Å². The fourth-order valence-electron chi connectivity index (χ4n) is 0.778. The van der Waals surface area contributed by atoms with E-state index in [0.29, 0.717) is 0 Å². The standard InChI is InChI=1S/C9H9F2O.BrH.Mg/c10-9(11)7-12-6-8-4-2-1-3-5-8;;/h1-4,9H,6-7H2;1H;/q-1;;+2/p-1. The van der Waals surface area contributed by atoms with E-state index in [1.165, 1.54) is 0 Å². The van der Waals surface area contributed by atoms with Crippen molar-refractivity contribution in [3.8, 4) is 0 Å². The van der Waals surface area contributed by atoms with Crippen LogP contribution in [0.4, 0.5) is 8.78 Å². The van der Waals surface area contributed by atoms with Crippen molar-refractivity contribution in [2.45, 2.75) is 13.0 Å². The predicted octanol–water partition coefficient (Wildman–Crippen LogP) is -1.11. The van der Waals surface area contributed by atoms with Crippen LogP contribution in [0.1, 0.15) is 5.56 Å². The molecule has 1 nitrogen and oxygen atoms in total. The van der Waals surface area contributed by atoms with Gasteiger partial charge in [-0.1, -0.05) is 0 Å². The largest absolute Gasteiger partial charge is 2.00 e. The summed E-state index contributed by atoms with van der Waals surface area (Å²) in [6, 6.07) is 10.0. The fraction of sp³-hybridized carbons (Fsp3) is 0.333. The number of hydrogen-bond donors (Lipinski definition) is 0. The van der Waals surface area contributed by atoms with Crippen molar-refractivity contribution in [3.05, 3.63) is 35.9 Å².